The van der Waals surface area contributed by atoms with E-state index in [9.17, 15) is 9.59 Å². The molecule has 0 saturated carbocycles. The Bertz CT molecular complexity index is 625. The van der Waals surface area contributed by atoms with Crippen LogP contribution >= 0.6 is 0 Å². The van der Waals surface area contributed by atoms with E-state index >= 15 is 0 Å². The molecule has 0 saturated heterocycles. The van der Waals surface area contributed by atoms with E-state index in [-0.39, 0.29) is 6.61 Å². The predicted octanol–water partition coefficient (Wildman–Crippen LogP) is 2.09. The van der Waals surface area contributed by atoms with E-state index in [1.165, 1.54) is 16.3 Å². The average molecular weight is 288 g/mol. The number of hydrogen-bond acceptors (Lipinski definition) is 3. The van der Waals surface area contributed by atoms with Crippen molar-refractivity contribution in [1.29, 1.82) is 0 Å². The Labute approximate surface area is 121 Å². The van der Waals surface area contributed by atoms with Gasteiger partial charge in [0.1, 0.15) is 0 Å². The number of hydrogen-bond donors (Lipinski definition) is 3. The normalized spacial score (nSPS) is 10.1. The second-order valence-electron chi connectivity index (χ2n) is 4.12. The van der Waals surface area contributed by atoms with Crippen LogP contribution in [-0.2, 0) is 16.0 Å². The first kappa shape index (κ1) is 16.4. The molecule has 0 aliphatic heterocycles. The number of aliphatic hydroxyl groups excluding tert-OH is 1. The Morgan fingerprint density at radius 1 is 0.905 bits per heavy atom. The van der Waals surface area contributed by atoms with Gasteiger partial charge in [-0.3, -0.25) is 0 Å². The minimum atomic E-state index is -1.26. The monoisotopic (exact) mass is 288 g/mol. The van der Waals surface area contributed by atoms with Gasteiger partial charge in [0.15, 0.2) is 0 Å². The molecule has 0 bridgehead atoms. The fraction of sp³-hybridized carbons (Fsp3) is 0.125. The standard InChI is InChI=1S/C12H12O.C4H4O4/c13-9-8-11-6-3-5-10-4-1-2-7-12(10)11;5-3(6)1-2-4(7)8/h1-7,13H,8-9H2;1-2H,(H,5,6)(H,7,8)/b;2-1+. The van der Waals surface area contributed by atoms with Crippen LogP contribution in [0, 0.1) is 0 Å². The van der Waals surface area contributed by atoms with Crippen LogP contribution in [0.2, 0.25) is 0 Å². The third-order valence-electron chi connectivity index (χ3n) is 2.63. The van der Waals surface area contributed by atoms with Crippen LogP contribution in [0.3, 0.4) is 0 Å². The molecule has 0 spiro atoms. The van der Waals surface area contributed by atoms with E-state index < -0.39 is 11.9 Å². The van der Waals surface area contributed by atoms with E-state index in [1.54, 1.807) is 0 Å². The van der Waals surface area contributed by atoms with Crippen molar-refractivity contribution in [2.24, 2.45) is 0 Å². The van der Waals surface area contributed by atoms with Gasteiger partial charge in [0.2, 0.25) is 0 Å². The molecule has 0 atom stereocenters. The van der Waals surface area contributed by atoms with Crippen LogP contribution in [0.4, 0.5) is 0 Å². The molecule has 0 aliphatic rings. The van der Waals surface area contributed by atoms with Gasteiger partial charge < -0.3 is 15.3 Å². The minimum Gasteiger partial charge on any atom is -0.478 e. The molecule has 5 nitrogen and oxygen atoms in total. The zero-order chi connectivity index (χ0) is 15.7. The largest absolute Gasteiger partial charge is 0.478 e. The molecule has 0 heterocycles. The summed E-state index contributed by atoms with van der Waals surface area (Å²) in [6.07, 6.45) is 1.85. The van der Waals surface area contributed by atoms with Gasteiger partial charge >= 0.3 is 11.9 Å². The topological polar surface area (TPSA) is 94.8 Å². The lowest BCUT2D eigenvalue weighted by Gasteiger charge is -2.03. The first-order valence-electron chi connectivity index (χ1n) is 6.26. The summed E-state index contributed by atoms with van der Waals surface area (Å²) in [6, 6.07) is 14.5. The molecule has 5 heteroatoms. The van der Waals surface area contributed by atoms with Crippen molar-refractivity contribution < 1.29 is 24.9 Å². The van der Waals surface area contributed by atoms with Gasteiger partial charge in [-0.05, 0) is 22.8 Å². The van der Waals surface area contributed by atoms with Gasteiger partial charge in [-0.2, -0.15) is 0 Å². The second kappa shape index (κ2) is 8.50. The van der Waals surface area contributed by atoms with Gasteiger partial charge in [0.25, 0.3) is 0 Å². The Hall–Kier alpha value is -2.66. The molecular formula is C16H16O5. The van der Waals surface area contributed by atoms with Crippen LogP contribution in [0.1, 0.15) is 5.56 Å². The summed E-state index contributed by atoms with van der Waals surface area (Å²) >= 11 is 0. The fourth-order valence-corrected chi connectivity index (χ4v) is 1.77. The van der Waals surface area contributed by atoms with E-state index in [4.69, 9.17) is 15.3 Å². The number of rotatable bonds is 4. The van der Waals surface area contributed by atoms with Crippen molar-refractivity contribution in [3.05, 3.63) is 60.2 Å². The molecule has 2 aromatic carbocycles. The van der Waals surface area contributed by atoms with Crippen LogP contribution in [0.5, 0.6) is 0 Å². The number of carbonyl (C=O) groups is 2. The van der Waals surface area contributed by atoms with Gasteiger partial charge in [0, 0.05) is 18.8 Å². The molecule has 0 unspecified atom stereocenters. The molecule has 0 fully saturated rings. The number of aliphatic hydroxyl groups is 1. The van der Waals surface area contributed by atoms with Crippen LogP contribution in [0.15, 0.2) is 54.6 Å². The SMILES string of the molecule is O=C(O)/C=C/C(=O)O.OCCc1cccc2ccccc12. The Morgan fingerprint density at radius 3 is 2.05 bits per heavy atom. The van der Waals surface area contributed by atoms with E-state index in [0.717, 1.165) is 6.42 Å². The van der Waals surface area contributed by atoms with Gasteiger partial charge in [0.05, 0.1) is 0 Å². The molecule has 2 rings (SSSR count). The third kappa shape index (κ3) is 5.88. The quantitative estimate of drug-likeness (QED) is 0.749. The average Bonchev–Trinajstić information content (AvgIpc) is 2.47. The zero-order valence-corrected chi connectivity index (χ0v) is 11.3. The maximum Gasteiger partial charge on any atom is 0.328 e. The molecule has 3 N–H and O–H groups in total. The van der Waals surface area contributed by atoms with Crippen LogP contribution in [-0.4, -0.2) is 33.9 Å². The highest BCUT2D eigenvalue weighted by Crippen LogP contribution is 2.18. The van der Waals surface area contributed by atoms with Gasteiger partial charge in [-0.15, -0.1) is 0 Å². The van der Waals surface area contributed by atoms with E-state index in [1.807, 2.05) is 18.2 Å². The Balaban J connectivity index is 0.000000240. The van der Waals surface area contributed by atoms with Crippen molar-refractivity contribution in [2.75, 3.05) is 6.61 Å². The first-order chi connectivity index (χ1) is 10.0. The fourth-order valence-electron chi connectivity index (χ4n) is 1.77. The Kier molecular flexibility index (Phi) is 6.63. The second-order valence-corrected chi connectivity index (χ2v) is 4.12. The third-order valence-corrected chi connectivity index (χ3v) is 2.63. The lowest BCUT2D eigenvalue weighted by atomic mass is 10.0. The van der Waals surface area contributed by atoms with Crippen molar-refractivity contribution in [2.45, 2.75) is 6.42 Å². The van der Waals surface area contributed by atoms with E-state index in [2.05, 4.69) is 24.3 Å². The van der Waals surface area contributed by atoms with Crippen molar-refractivity contribution in [3.63, 3.8) is 0 Å². The number of carboxylic acids is 2. The van der Waals surface area contributed by atoms with Crippen molar-refractivity contribution in [3.8, 4) is 0 Å². The molecule has 0 radical (unpaired) electrons. The van der Waals surface area contributed by atoms with Gasteiger partial charge in [-0.25, -0.2) is 9.59 Å². The first-order valence-corrected chi connectivity index (χ1v) is 6.26. The maximum absolute atomic E-state index is 9.55. The minimum absolute atomic E-state index is 0.216. The maximum atomic E-state index is 9.55. The summed E-state index contributed by atoms with van der Waals surface area (Å²) in [4.78, 5) is 19.1. The van der Waals surface area contributed by atoms with E-state index in [0.29, 0.717) is 12.2 Å². The summed E-state index contributed by atoms with van der Waals surface area (Å²) < 4.78 is 0. The Morgan fingerprint density at radius 2 is 1.48 bits per heavy atom. The van der Waals surface area contributed by atoms with Gasteiger partial charge in [-0.1, -0.05) is 42.5 Å². The predicted molar refractivity (Wildman–Crippen MR) is 79.1 cm³/mol. The summed E-state index contributed by atoms with van der Waals surface area (Å²) in [5.74, 6) is -2.51. The molecular weight excluding hydrogens is 272 g/mol. The number of fused-ring (bicyclic) bond motifs is 1. The molecule has 0 aromatic heterocycles. The van der Waals surface area contributed by atoms with Crippen LogP contribution in [0.25, 0.3) is 10.8 Å². The molecule has 0 aliphatic carbocycles. The summed E-state index contributed by atoms with van der Waals surface area (Å²) in [5.41, 5.74) is 1.22. The smallest absolute Gasteiger partial charge is 0.328 e. The highest BCUT2D eigenvalue weighted by atomic mass is 16.4. The molecule has 110 valence electrons. The highest BCUT2D eigenvalue weighted by Gasteiger charge is 1.97. The number of aliphatic carboxylic acids is 2. The number of benzene rings is 2. The van der Waals surface area contributed by atoms with Crippen LogP contribution < -0.4 is 0 Å². The summed E-state index contributed by atoms with van der Waals surface area (Å²) in [6.45, 7) is 0.216. The molecule has 21 heavy (non-hydrogen) atoms. The lowest BCUT2D eigenvalue weighted by molar-refractivity contribution is -0.134. The zero-order valence-electron chi connectivity index (χ0n) is 11.3. The van der Waals surface area contributed by atoms with Crippen molar-refractivity contribution >= 4 is 22.7 Å². The van der Waals surface area contributed by atoms with Crippen molar-refractivity contribution in [1.82, 2.24) is 0 Å². The molecule has 0 amide bonds. The highest BCUT2D eigenvalue weighted by molar-refractivity contribution is 5.89. The lowest BCUT2D eigenvalue weighted by Crippen LogP contribution is -1.91. The number of carboxylic acid groups (broad SMARTS) is 2. The summed E-state index contributed by atoms with van der Waals surface area (Å²) in [5, 5.41) is 27.0. The molecule has 2 aromatic rings. The summed E-state index contributed by atoms with van der Waals surface area (Å²) in [7, 11) is 0.